The predicted octanol–water partition coefficient (Wildman–Crippen LogP) is 3.36. The Bertz CT molecular complexity index is 1120. The van der Waals surface area contributed by atoms with Gasteiger partial charge in [-0.15, -0.1) is 0 Å². The lowest BCUT2D eigenvalue weighted by atomic mass is 10.1. The number of carbonyl (C=O) groups excluding carboxylic acids is 1. The van der Waals surface area contributed by atoms with Crippen LogP contribution in [0.5, 0.6) is 5.75 Å². The fraction of sp³-hybridized carbons (Fsp3) is 0.263. The van der Waals surface area contributed by atoms with E-state index in [4.69, 9.17) is 22.1 Å². The molecule has 0 saturated carbocycles. The van der Waals surface area contributed by atoms with Gasteiger partial charge in [0.25, 0.3) is 0 Å². The number of nitrogens with one attached hydrogen (secondary N) is 2. The van der Waals surface area contributed by atoms with Crippen LogP contribution in [-0.2, 0) is 4.79 Å². The normalized spacial score (nSPS) is 10.9. The van der Waals surface area contributed by atoms with Crippen molar-refractivity contribution in [2.24, 2.45) is 0 Å². The Morgan fingerprint density at radius 1 is 1.45 bits per heavy atom. The Labute approximate surface area is 176 Å². The minimum Gasteiger partial charge on any atom is -0.495 e. The summed E-state index contributed by atoms with van der Waals surface area (Å²) in [6, 6.07) is 5.42. The lowest BCUT2D eigenvalue weighted by molar-refractivity contribution is -0.119. The van der Waals surface area contributed by atoms with Crippen molar-refractivity contribution in [3.8, 4) is 23.1 Å². The Kier molecular flexibility index (Phi) is 6.15. The van der Waals surface area contributed by atoms with Crippen molar-refractivity contribution < 1.29 is 9.53 Å². The van der Waals surface area contributed by atoms with Crippen molar-refractivity contribution in [3.05, 3.63) is 28.9 Å². The number of benzene rings is 1. The molecule has 0 fully saturated rings. The molecular formula is C19H19ClN6O2S. The summed E-state index contributed by atoms with van der Waals surface area (Å²) in [4.78, 5) is 24.0. The van der Waals surface area contributed by atoms with Gasteiger partial charge in [0.2, 0.25) is 5.91 Å². The molecule has 0 bridgehead atoms. The fourth-order valence-corrected chi connectivity index (χ4v) is 3.70. The number of nitrogens with two attached hydrogens (primary N) is 1. The molecule has 2 heterocycles. The number of hydrogen-bond donors (Lipinski definition) is 3. The zero-order chi connectivity index (χ0) is 21.1. The average Bonchev–Trinajstić information content (AvgIpc) is 3.08. The van der Waals surface area contributed by atoms with Crippen LogP contribution in [0.4, 0.5) is 5.69 Å². The molecule has 1 amide bonds. The highest BCUT2D eigenvalue weighted by molar-refractivity contribution is 7.99. The molecule has 0 saturated heterocycles. The Hall–Kier alpha value is -2.96. The number of fused-ring (bicyclic) bond motifs is 1. The number of aromatic nitrogens is 3. The van der Waals surface area contributed by atoms with Crippen molar-refractivity contribution in [2.45, 2.75) is 25.0 Å². The average molecular weight is 431 g/mol. The lowest BCUT2D eigenvalue weighted by Gasteiger charge is -2.12. The third-order valence-electron chi connectivity index (χ3n) is 3.99. The van der Waals surface area contributed by atoms with E-state index in [1.165, 1.54) is 18.9 Å². The molecule has 0 aliphatic rings. The molecule has 3 aromatic rings. The molecule has 0 unspecified atom stereocenters. The Morgan fingerprint density at radius 3 is 2.86 bits per heavy atom. The highest BCUT2D eigenvalue weighted by Gasteiger charge is 2.19. The quantitative estimate of drug-likeness (QED) is 0.310. The standard InChI is InChI=1S/C19H19ClN6O2S/c1-9(2)24-15(27)8-29-19-25-17(16-10(6-21)7-23-18(16)26-19)11-4-14(28-3)13(22)5-12(11)20/h4-5,7,9H,8,22H2,1-3H3,(H,24,27)(H,23,25,26). The molecule has 0 aliphatic carbocycles. The smallest absolute Gasteiger partial charge is 0.230 e. The summed E-state index contributed by atoms with van der Waals surface area (Å²) in [5.41, 5.74) is 8.19. The molecular weight excluding hydrogens is 412 g/mol. The molecule has 0 atom stereocenters. The molecule has 0 spiro atoms. The maximum Gasteiger partial charge on any atom is 0.230 e. The van der Waals surface area contributed by atoms with E-state index in [-0.39, 0.29) is 17.7 Å². The van der Waals surface area contributed by atoms with Gasteiger partial charge in [-0.3, -0.25) is 4.79 Å². The number of carbonyl (C=O) groups is 1. The number of thioether (sulfide) groups is 1. The van der Waals surface area contributed by atoms with E-state index in [2.05, 4.69) is 26.3 Å². The zero-order valence-corrected chi connectivity index (χ0v) is 17.6. The summed E-state index contributed by atoms with van der Waals surface area (Å²) in [6.07, 6.45) is 1.56. The van der Waals surface area contributed by atoms with E-state index < -0.39 is 0 Å². The van der Waals surface area contributed by atoms with Crippen LogP contribution >= 0.6 is 23.4 Å². The summed E-state index contributed by atoms with van der Waals surface area (Å²) in [7, 11) is 1.50. The lowest BCUT2D eigenvalue weighted by Crippen LogP contribution is -2.31. The van der Waals surface area contributed by atoms with Crippen LogP contribution in [0, 0.1) is 11.3 Å². The first-order chi connectivity index (χ1) is 13.8. The molecule has 150 valence electrons. The minimum atomic E-state index is -0.119. The third-order valence-corrected chi connectivity index (χ3v) is 5.15. The highest BCUT2D eigenvalue weighted by atomic mass is 35.5. The summed E-state index contributed by atoms with van der Waals surface area (Å²) < 4.78 is 5.30. The first kappa shape index (κ1) is 20.8. The van der Waals surface area contributed by atoms with Gasteiger partial charge in [-0.2, -0.15) is 5.26 Å². The van der Waals surface area contributed by atoms with Crippen LogP contribution < -0.4 is 15.8 Å². The number of halogens is 1. The number of H-pyrrole nitrogens is 1. The first-order valence-corrected chi connectivity index (χ1v) is 10.0. The topological polar surface area (TPSA) is 130 Å². The second-order valence-electron chi connectivity index (χ2n) is 6.48. The largest absolute Gasteiger partial charge is 0.495 e. The second-order valence-corrected chi connectivity index (χ2v) is 7.83. The molecule has 2 aromatic heterocycles. The second kappa shape index (κ2) is 8.59. The number of rotatable bonds is 6. The van der Waals surface area contributed by atoms with E-state index in [0.717, 1.165) is 0 Å². The highest BCUT2D eigenvalue weighted by Crippen LogP contribution is 2.39. The van der Waals surface area contributed by atoms with Crippen LogP contribution in [0.15, 0.2) is 23.5 Å². The number of ether oxygens (including phenoxy) is 1. The number of nitrogens with zero attached hydrogens (tertiary/aromatic N) is 3. The predicted molar refractivity (Wildman–Crippen MR) is 114 cm³/mol. The van der Waals surface area contributed by atoms with E-state index in [9.17, 15) is 10.1 Å². The number of nitrogen functional groups attached to an aromatic ring is 1. The molecule has 29 heavy (non-hydrogen) atoms. The fourth-order valence-electron chi connectivity index (χ4n) is 2.78. The maximum atomic E-state index is 12.0. The monoisotopic (exact) mass is 430 g/mol. The van der Waals surface area contributed by atoms with Crippen molar-refractivity contribution in [1.29, 1.82) is 5.26 Å². The van der Waals surface area contributed by atoms with Gasteiger partial charge in [-0.05, 0) is 26.0 Å². The van der Waals surface area contributed by atoms with Crippen LogP contribution in [-0.4, -0.2) is 39.8 Å². The molecule has 3 rings (SSSR count). The van der Waals surface area contributed by atoms with Gasteiger partial charge in [0.15, 0.2) is 5.16 Å². The molecule has 4 N–H and O–H groups in total. The Balaban J connectivity index is 2.11. The van der Waals surface area contributed by atoms with Gasteiger partial charge in [0.05, 0.1) is 40.2 Å². The molecule has 1 aromatic carbocycles. The van der Waals surface area contributed by atoms with Crippen molar-refractivity contribution in [2.75, 3.05) is 18.6 Å². The van der Waals surface area contributed by atoms with Crippen molar-refractivity contribution in [1.82, 2.24) is 20.3 Å². The first-order valence-electron chi connectivity index (χ1n) is 8.68. The summed E-state index contributed by atoms with van der Waals surface area (Å²) in [5.74, 6) is 0.482. The van der Waals surface area contributed by atoms with Crippen LogP contribution in [0.3, 0.4) is 0 Å². The van der Waals surface area contributed by atoms with Gasteiger partial charge in [0, 0.05) is 17.8 Å². The number of methoxy groups -OCH3 is 1. The van der Waals surface area contributed by atoms with Gasteiger partial charge in [-0.1, -0.05) is 23.4 Å². The molecule has 0 aliphatic heterocycles. The SMILES string of the molecule is COc1cc(-c2nc(SCC(=O)NC(C)C)nc3[nH]cc(C#N)c23)c(Cl)cc1N. The van der Waals surface area contributed by atoms with Crippen LogP contribution in [0.25, 0.3) is 22.3 Å². The van der Waals surface area contributed by atoms with E-state index in [0.29, 0.717) is 49.5 Å². The van der Waals surface area contributed by atoms with Crippen LogP contribution in [0.1, 0.15) is 19.4 Å². The van der Waals surface area contributed by atoms with E-state index in [1.54, 1.807) is 18.3 Å². The number of aromatic amines is 1. The van der Waals surface area contributed by atoms with Crippen molar-refractivity contribution >= 4 is 46.0 Å². The summed E-state index contributed by atoms with van der Waals surface area (Å²) in [5, 5.41) is 13.6. The molecule has 10 heteroatoms. The summed E-state index contributed by atoms with van der Waals surface area (Å²) in [6.45, 7) is 3.78. The van der Waals surface area contributed by atoms with Gasteiger partial charge in [-0.25, -0.2) is 9.97 Å². The summed E-state index contributed by atoms with van der Waals surface area (Å²) >= 11 is 7.63. The Morgan fingerprint density at radius 2 is 2.21 bits per heavy atom. The molecule has 0 radical (unpaired) electrons. The number of anilines is 1. The third kappa shape index (κ3) is 4.39. The van der Waals surface area contributed by atoms with Gasteiger partial charge >= 0.3 is 0 Å². The minimum absolute atomic E-state index is 0.0460. The maximum absolute atomic E-state index is 12.0. The van der Waals surface area contributed by atoms with E-state index >= 15 is 0 Å². The van der Waals surface area contributed by atoms with E-state index in [1.807, 2.05) is 13.8 Å². The number of amides is 1. The van der Waals surface area contributed by atoms with Gasteiger partial charge in [0.1, 0.15) is 17.5 Å². The van der Waals surface area contributed by atoms with Crippen LogP contribution in [0.2, 0.25) is 5.02 Å². The van der Waals surface area contributed by atoms with Gasteiger partial charge < -0.3 is 20.8 Å². The number of hydrogen-bond acceptors (Lipinski definition) is 7. The molecule has 8 nitrogen and oxygen atoms in total. The number of nitriles is 1. The van der Waals surface area contributed by atoms with Crippen molar-refractivity contribution in [3.63, 3.8) is 0 Å². The zero-order valence-electron chi connectivity index (χ0n) is 16.0.